The van der Waals surface area contributed by atoms with Gasteiger partial charge in [0.15, 0.2) is 5.03 Å². The van der Waals surface area contributed by atoms with Crippen molar-refractivity contribution < 1.29 is 13.2 Å². The molecular weight excluding hydrogens is 276 g/mol. The van der Waals surface area contributed by atoms with E-state index in [1.807, 2.05) is 0 Å². The Morgan fingerprint density at radius 3 is 2.61 bits per heavy atom. The normalized spacial score (nSPS) is 11.4. The number of carbonyl (C=O) groups is 1. The molecular formula is C11H9ClN2O3S. The molecule has 0 amide bonds. The first-order chi connectivity index (χ1) is 8.39. The first kappa shape index (κ1) is 12.8. The second kappa shape index (κ2) is 4.55. The van der Waals surface area contributed by atoms with Crippen LogP contribution in [0, 0.1) is 0 Å². The van der Waals surface area contributed by atoms with Gasteiger partial charge in [0.2, 0.25) is 5.78 Å². The van der Waals surface area contributed by atoms with Crippen LogP contribution in [-0.4, -0.2) is 23.8 Å². The number of hydrogen-bond acceptors (Lipinski definition) is 4. The molecule has 0 spiro atoms. The Morgan fingerprint density at radius 2 is 2.11 bits per heavy atom. The zero-order chi connectivity index (χ0) is 13.3. The zero-order valence-corrected chi connectivity index (χ0v) is 10.9. The molecule has 7 heteroatoms. The minimum Gasteiger partial charge on any atom is -0.340 e. The van der Waals surface area contributed by atoms with Crippen LogP contribution in [-0.2, 0) is 16.1 Å². The molecule has 0 unspecified atom stereocenters. The van der Waals surface area contributed by atoms with Gasteiger partial charge in [0.1, 0.15) is 5.69 Å². The Bertz CT molecular complexity index is 692. The van der Waals surface area contributed by atoms with Gasteiger partial charge < -0.3 is 4.57 Å². The van der Waals surface area contributed by atoms with Gasteiger partial charge in [-0.25, -0.2) is 8.42 Å². The van der Waals surface area contributed by atoms with Gasteiger partial charge in [-0.1, -0.05) is 6.07 Å². The molecule has 0 bridgehead atoms. The van der Waals surface area contributed by atoms with Crippen molar-refractivity contribution in [2.45, 2.75) is 5.03 Å². The first-order valence-electron chi connectivity index (χ1n) is 4.96. The van der Waals surface area contributed by atoms with Crippen molar-refractivity contribution in [1.82, 2.24) is 9.55 Å². The number of nitrogens with zero attached hydrogens (tertiary/aromatic N) is 2. The Kier molecular flexibility index (Phi) is 3.23. The second-order valence-corrected chi connectivity index (χ2v) is 6.17. The molecule has 18 heavy (non-hydrogen) atoms. The van der Waals surface area contributed by atoms with E-state index in [0.717, 1.165) is 0 Å². The number of hydrogen-bond donors (Lipinski definition) is 0. The lowest BCUT2D eigenvalue weighted by atomic mass is 10.1. The highest BCUT2D eigenvalue weighted by molar-refractivity contribution is 8.13. The number of halogens is 1. The zero-order valence-electron chi connectivity index (χ0n) is 9.37. The van der Waals surface area contributed by atoms with Crippen LogP contribution in [0.5, 0.6) is 0 Å². The molecule has 2 aromatic heterocycles. The number of rotatable bonds is 3. The van der Waals surface area contributed by atoms with Crippen molar-refractivity contribution in [1.29, 1.82) is 0 Å². The molecule has 0 aliphatic rings. The van der Waals surface area contributed by atoms with E-state index in [9.17, 15) is 13.2 Å². The minimum atomic E-state index is -3.87. The number of aryl methyl sites for hydroxylation is 1. The fraction of sp³-hybridized carbons (Fsp3) is 0.0909. The molecule has 2 rings (SSSR count). The predicted octanol–water partition coefficient (Wildman–Crippen LogP) is 1.58. The maximum absolute atomic E-state index is 12.0. The molecule has 0 saturated carbocycles. The number of pyridine rings is 1. The van der Waals surface area contributed by atoms with E-state index in [4.69, 9.17) is 10.7 Å². The summed E-state index contributed by atoms with van der Waals surface area (Å²) in [6.45, 7) is 0. The summed E-state index contributed by atoms with van der Waals surface area (Å²) in [6.07, 6.45) is 2.90. The molecule has 0 atom stereocenters. The Morgan fingerprint density at radius 1 is 1.39 bits per heavy atom. The van der Waals surface area contributed by atoms with E-state index in [0.29, 0.717) is 0 Å². The van der Waals surface area contributed by atoms with Gasteiger partial charge in [-0.3, -0.25) is 9.78 Å². The van der Waals surface area contributed by atoms with E-state index in [1.54, 1.807) is 18.2 Å². The molecule has 0 aromatic carbocycles. The van der Waals surface area contributed by atoms with Crippen LogP contribution < -0.4 is 0 Å². The summed E-state index contributed by atoms with van der Waals surface area (Å²) in [5.41, 5.74) is 0.483. The second-order valence-electron chi connectivity index (χ2n) is 3.66. The van der Waals surface area contributed by atoms with Crippen LogP contribution >= 0.6 is 10.7 Å². The molecule has 0 N–H and O–H groups in total. The van der Waals surface area contributed by atoms with Crippen molar-refractivity contribution in [2.75, 3.05) is 0 Å². The lowest BCUT2D eigenvalue weighted by molar-refractivity contribution is 0.103. The van der Waals surface area contributed by atoms with Gasteiger partial charge in [-0.05, 0) is 18.2 Å². The van der Waals surface area contributed by atoms with Gasteiger partial charge in [-0.15, -0.1) is 0 Å². The van der Waals surface area contributed by atoms with Crippen LogP contribution in [0.2, 0.25) is 0 Å². The average Bonchev–Trinajstić information content (AvgIpc) is 2.71. The summed E-state index contributed by atoms with van der Waals surface area (Å²) >= 11 is 0. The number of aromatic nitrogens is 2. The lowest BCUT2D eigenvalue weighted by Gasteiger charge is -1.95. The maximum atomic E-state index is 12.0. The SMILES string of the molecule is Cn1cc(C(=O)c2ccccn2)cc1S(=O)(=O)Cl. The number of carbonyl (C=O) groups excluding carboxylic acids is 1. The summed E-state index contributed by atoms with van der Waals surface area (Å²) in [7, 11) is 2.89. The highest BCUT2D eigenvalue weighted by Gasteiger charge is 2.20. The standard InChI is InChI=1S/C11H9ClN2O3S/c1-14-7-8(6-10(14)18(12,16)17)11(15)9-4-2-3-5-13-9/h2-7H,1H3. The topological polar surface area (TPSA) is 69.0 Å². The molecule has 0 fully saturated rings. The molecule has 2 aromatic rings. The van der Waals surface area contributed by atoms with Crippen molar-refractivity contribution >= 4 is 25.5 Å². The van der Waals surface area contributed by atoms with Gasteiger partial charge in [0, 0.05) is 35.7 Å². The van der Waals surface area contributed by atoms with Crippen LogP contribution in [0.1, 0.15) is 16.1 Å². The van der Waals surface area contributed by atoms with E-state index in [2.05, 4.69) is 4.98 Å². The largest absolute Gasteiger partial charge is 0.340 e. The van der Waals surface area contributed by atoms with Crippen molar-refractivity contribution in [3.05, 3.63) is 47.9 Å². The van der Waals surface area contributed by atoms with Crippen LogP contribution in [0.3, 0.4) is 0 Å². The van der Waals surface area contributed by atoms with Crippen molar-refractivity contribution in [2.24, 2.45) is 7.05 Å². The minimum absolute atomic E-state index is 0.122. The molecule has 2 heterocycles. The van der Waals surface area contributed by atoms with Gasteiger partial charge in [0.25, 0.3) is 9.05 Å². The Labute approximate surface area is 108 Å². The third-order valence-corrected chi connectivity index (χ3v) is 3.75. The summed E-state index contributed by atoms with van der Waals surface area (Å²) in [4.78, 5) is 15.9. The molecule has 5 nitrogen and oxygen atoms in total. The fourth-order valence-electron chi connectivity index (χ4n) is 1.56. The summed E-state index contributed by atoms with van der Waals surface area (Å²) < 4.78 is 23.8. The average molecular weight is 285 g/mol. The van der Waals surface area contributed by atoms with Gasteiger partial charge in [-0.2, -0.15) is 0 Å². The van der Waals surface area contributed by atoms with E-state index in [-0.39, 0.29) is 22.1 Å². The Balaban J connectivity index is 2.46. The third-order valence-electron chi connectivity index (χ3n) is 2.37. The maximum Gasteiger partial charge on any atom is 0.276 e. The monoisotopic (exact) mass is 284 g/mol. The van der Waals surface area contributed by atoms with E-state index >= 15 is 0 Å². The van der Waals surface area contributed by atoms with Crippen LogP contribution in [0.15, 0.2) is 41.7 Å². The van der Waals surface area contributed by atoms with Crippen molar-refractivity contribution in [3.63, 3.8) is 0 Å². The number of ketones is 1. The highest BCUT2D eigenvalue weighted by atomic mass is 35.7. The summed E-state index contributed by atoms with van der Waals surface area (Å²) in [5.74, 6) is -0.349. The summed E-state index contributed by atoms with van der Waals surface area (Å²) in [6, 6.07) is 6.17. The molecule has 0 saturated heterocycles. The molecule has 0 aliphatic heterocycles. The van der Waals surface area contributed by atoms with Gasteiger partial charge in [0.05, 0.1) is 0 Å². The van der Waals surface area contributed by atoms with Gasteiger partial charge >= 0.3 is 0 Å². The predicted molar refractivity (Wildman–Crippen MR) is 66.1 cm³/mol. The van der Waals surface area contributed by atoms with E-state index < -0.39 is 9.05 Å². The van der Waals surface area contributed by atoms with Crippen molar-refractivity contribution in [3.8, 4) is 0 Å². The highest BCUT2D eigenvalue weighted by Crippen LogP contribution is 2.19. The lowest BCUT2D eigenvalue weighted by Crippen LogP contribution is -2.02. The van der Waals surface area contributed by atoms with Crippen LogP contribution in [0.4, 0.5) is 0 Å². The van der Waals surface area contributed by atoms with Crippen LogP contribution in [0.25, 0.3) is 0 Å². The first-order valence-corrected chi connectivity index (χ1v) is 7.27. The Hall–Kier alpha value is -1.66. The molecule has 0 radical (unpaired) electrons. The quantitative estimate of drug-likeness (QED) is 0.634. The summed E-state index contributed by atoms with van der Waals surface area (Å²) in [5, 5.41) is -0.122. The fourth-order valence-corrected chi connectivity index (χ4v) is 2.68. The molecule has 94 valence electrons. The third kappa shape index (κ3) is 2.44. The van der Waals surface area contributed by atoms with E-state index in [1.165, 1.54) is 30.1 Å². The molecule has 0 aliphatic carbocycles. The smallest absolute Gasteiger partial charge is 0.276 e.